The molecule has 124 valence electrons. The summed E-state index contributed by atoms with van der Waals surface area (Å²) in [6.45, 7) is 2.66. The number of nitrogens with one attached hydrogen (secondary N) is 1. The summed E-state index contributed by atoms with van der Waals surface area (Å²) in [5, 5.41) is 12.4. The van der Waals surface area contributed by atoms with Gasteiger partial charge in [-0.3, -0.25) is 4.79 Å². The van der Waals surface area contributed by atoms with Crippen molar-refractivity contribution in [2.75, 3.05) is 11.9 Å². The van der Waals surface area contributed by atoms with E-state index in [4.69, 9.17) is 4.74 Å². The summed E-state index contributed by atoms with van der Waals surface area (Å²) in [6, 6.07) is 3.67. The van der Waals surface area contributed by atoms with Crippen molar-refractivity contribution in [1.29, 1.82) is 0 Å². The fourth-order valence-electron chi connectivity index (χ4n) is 3.13. The molecule has 1 saturated carbocycles. The van der Waals surface area contributed by atoms with Crippen LogP contribution in [0.15, 0.2) is 12.1 Å². The Labute approximate surface area is 136 Å². The summed E-state index contributed by atoms with van der Waals surface area (Å²) in [4.78, 5) is 23.8. The standard InChI is InChI=1S/C18H23NO4/c1-2-3-4-12-9-15(20)19-17-13(12)7-8-14(16(17)18(21)22)23-10-11-5-6-11/h7-8,11-12H,2-6,9-10H2,1H3,(H,19,20)(H,21,22). The second-order valence-corrected chi connectivity index (χ2v) is 6.55. The molecule has 1 aromatic carbocycles. The smallest absolute Gasteiger partial charge is 0.341 e. The lowest BCUT2D eigenvalue weighted by atomic mass is 9.85. The number of hydrogen-bond acceptors (Lipinski definition) is 3. The minimum Gasteiger partial charge on any atom is -0.492 e. The minimum absolute atomic E-state index is 0.0919. The van der Waals surface area contributed by atoms with Crippen LogP contribution >= 0.6 is 0 Å². The highest BCUT2D eigenvalue weighted by Crippen LogP contribution is 2.41. The first kappa shape index (κ1) is 15.8. The van der Waals surface area contributed by atoms with Gasteiger partial charge in [0.2, 0.25) is 5.91 Å². The maximum Gasteiger partial charge on any atom is 0.341 e. The molecule has 0 spiro atoms. The summed E-state index contributed by atoms with van der Waals surface area (Å²) < 4.78 is 5.71. The van der Waals surface area contributed by atoms with Crippen molar-refractivity contribution in [2.45, 2.75) is 51.4 Å². The van der Waals surface area contributed by atoms with Gasteiger partial charge in [-0.05, 0) is 42.7 Å². The highest BCUT2D eigenvalue weighted by molar-refractivity contribution is 6.05. The first-order valence-electron chi connectivity index (χ1n) is 8.43. The Balaban J connectivity index is 1.94. The van der Waals surface area contributed by atoms with Gasteiger partial charge in [-0.15, -0.1) is 0 Å². The number of anilines is 1. The molecular weight excluding hydrogens is 294 g/mol. The Bertz CT molecular complexity index is 622. The van der Waals surface area contributed by atoms with Gasteiger partial charge in [-0.2, -0.15) is 0 Å². The largest absolute Gasteiger partial charge is 0.492 e. The van der Waals surface area contributed by atoms with Crippen LogP contribution in [0, 0.1) is 5.92 Å². The Morgan fingerprint density at radius 2 is 2.17 bits per heavy atom. The Hall–Kier alpha value is -2.04. The zero-order valence-electron chi connectivity index (χ0n) is 13.4. The summed E-state index contributed by atoms with van der Waals surface area (Å²) in [7, 11) is 0. The number of ether oxygens (including phenoxy) is 1. The van der Waals surface area contributed by atoms with Gasteiger partial charge in [0, 0.05) is 6.42 Å². The molecule has 1 aliphatic heterocycles. The van der Waals surface area contributed by atoms with Crippen LogP contribution in [0.3, 0.4) is 0 Å². The van der Waals surface area contributed by atoms with Gasteiger partial charge in [0.05, 0.1) is 12.3 Å². The second kappa shape index (κ2) is 6.60. The summed E-state index contributed by atoms with van der Waals surface area (Å²) in [6.07, 6.45) is 5.69. The van der Waals surface area contributed by atoms with Crippen LogP contribution in [0.2, 0.25) is 0 Å². The quantitative estimate of drug-likeness (QED) is 0.802. The molecule has 0 radical (unpaired) electrons. The molecule has 3 rings (SSSR count). The number of amides is 1. The molecule has 1 fully saturated rings. The molecule has 23 heavy (non-hydrogen) atoms. The van der Waals surface area contributed by atoms with Crippen molar-refractivity contribution >= 4 is 17.6 Å². The van der Waals surface area contributed by atoms with Crippen molar-refractivity contribution in [3.63, 3.8) is 0 Å². The number of unbranched alkanes of at least 4 members (excludes halogenated alkanes) is 1. The fraction of sp³-hybridized carbons (Fsp3) is 0.556. The number of fused-ring (bicyclic) bond motifs is 1. The van der Waals surface area contributed by atoms with E-state index < -0.39 is 5.97 Å². The molecule has 0 saturated heterocycles. The summed E-state index contributed by atoms with van der Waals surface area (Å²) >= 11 is 0. The molecule has 1 amide bonds. The first-order valence-corrected chi connectivity index (χ1v) is 8.43. The molecular formula is C18H23NO4. The average Bonchev–Trinajstić information content (AvgIpc) is 3.33. The third-order valence-corrected chi connectivity index (χ3v) is 4.63. The van der Waals surface area contributed by atoms with Gasteiger partial charge in [0.25, 0.3) is 0 Å². The van der Waals surface area contributed by atoms with Crippen LogP contribution in [0.4, 0.5) is 5.69 Å². The molecule has 0 aromatic heterocycles. The monoisotopic (exact) mass is 317 g/mol. The molecule has 5 heteroatoms. The number of carbonyl (C=O) groups excluding carboxylic acids is 1. The lowest BCUT2D eigenvalue weighted by Crippen LogP contribution is -2.25. The molecule has 5 nitrogen and oxygen atoms in total. The van der Waals surface area contributed by atoms with Gasteiger partial charge in [-0.1, -0.05) is 25.8 Å². The number of carboxylic acids is 1. The van der Waals surface area contributed by atoms with E-state index in [2.05, 4.69) is 12.2 Å². The van der Waals surface area contributed by atoms with Crippen molar-refractivity contribution in [1.82, 2.24) is 0 Å². The van der Waals surface area contributed by atoms with E-state index in [1.165, 1.54) is 0 Å². The zero-order valence-corrected chi connectivity index (χ0v) is 13.4. The predicted molar refractivity (Wildman–Crippen MR) is 87.1 cm³/mol. The van der Waals surface area contributed by atoms with E-state index in [1.807, 2.05) is 6.07 Å². The number of rotatable bonds is 7. The first-order chi connectivity index (χ1) is 11.1. The van der Waals surface area contributed by atoms with Gasteiger partial charge in [0.15, 0.2) is 0 Å². The van der Waals surface area contributed by atoms with Gasteiger partial charge >= 0.3 is 5.97 Å². The van der Waals surface area contributed by atoms with E-state index in [9.17, 15) is 14.7 Å². The number of hydrogen-bond donors (Lipinski definition) is 2. The van der Waals surface area contributed by atoms with Crippen molar-refractivity contribution in [3.05, 3.63) is 23.3 Å². The van der Waals surface area contributed by atoms with E-state index in [0.717, 1.165) is 37.7 Å². The summed E-state index contributed by atoms with van der Waals surface area (Å²) in [5.74, 6) is -0.169. The van der Waals surface area contributed by atoms with Crippen molar-refractivity contribution < 1.29 is 19.4 Å². The lowest BCUT2D eigenvalue weighted by Gasteiger charge is -2.27. The normalized spacial score (nSPS) is 19.9. The number of aromatic carboxylic acids is 1. The van der Waals surface area contributed by atoms with Crippen LogP contribution in [-0.2, 0) is 4.79 Å². The van der Waals surface area contributed by atoms with Gasteiger partial charge < -0.3 is 15.2 Å². The third kappa shape index (κ3) is 3.49. The van der Waals surface area contributed by atoms with Crippen LogP contribution in [-0.4, -0.2) is 23.6 Å². The van der Waals surface area contributed by atoms with E-state index in [1.54, 1.807) is 6.07 Å². The van der Waals surface area contributed by atoms with E-state index in [-0.39, 0.29) is 17.4 Å². The average molecular weight is 317 g/mol. The van der Waals surface area contributed by atoms with Gasteiger partial charge in [0.1, 0.15) is 11.3 Å². The van der Waals surface area contributed by atoms with Crippen molar-refractivity contribution in [2.24, 2.45) is 5.92 Å². The minimum atomic E-state index is -1.05. The molecule has 2 aliphatic rings. The maximum atomic E-state index is 12.0. The second-order valence-electron chi connectivity index (χ2n) is 6.55. The molecule has 0 bridgehead atoms. The van der Waals surface area contributed by atoms with E-state index >= 15 is 0 Å². The van der Waals surface area contributed by atoms with Crippen LogP contribution in [0.25, 0.3) is 0 Å². The summed E-state index contributed by atoms with van der Waals surface area (Å²) in [5.41, 5.74) is 1.45. The molecule has 1 aromatic rings. The Morgan fingerprint density at radius 1 is 1.39 bits per heavy atom. The van der Waals surface area contributed by atoms with Crippen LogP contribution in [0.1, 0.15) is 67.3 Å². The van der Waals surface area contributed by atoms with Crippen LogP contribution < -0.4 is 10.1 Å². The zero-order chi connectivity index (χ0) is 16.4. The Morgan fingerprint density at radius 3 is 2.83 bits per heavy atom. The highest BCUT2D eigenvalue weighted by atomic mass is 16.5. The highest BCUT2D eigenvalue weighted by Gasteiger charge is 2.31. The molecule has 1 atom stereocenters. The fourth-order valence-corrected chi connectivity index (χ4v) is 3.13. The van der Waals surface area contributed by atoms with E-state index in [0.29, 0.717) is 30.4 Å². The SMILES string of the molecule is CCCCC1CC(=O)Nc2c1ccc(OCC1CC1)c2C(=O)O. The molecule has 1 heterocycles. The van der Waals surface area contributed by atoms with Crippen molar-refractivity contribution in [3.8, 4) is 5.75 Å². The third-order valence-electron chi connectivity index (χ3n) is 4.63. The Kier molecular flexibility index (Phi) is 4.55. The number of carboxylic acid groups (broad SMARTS) is 1. The van der Waals surface area contributed by atoms with Gasteiger partial charge in [-0.25, -0.2) is 4.79 Å². The number of carbonyl (C=O) groups is 2. The molecule has 2 N–H and O–H groups in total. The topological polar surface area (TPSA) is 75.6 Å². The van der Waals surface area contributed by atoms with Crippen LogP contribution in [0.5, 0.6) is 5.75 Å². The predicted octanol–water partition coefficient (Wildman–Crippen LogP) is 3.79. The molecule has 1 unspecified atom stereocenters. The lowest BCUT2D eigenvalue weighted by molar-refractivity contribution is -0.116. The molecule has 1 aliphatic carbocycles. The maximum absolute atomic E-state index is 12.0. The number of benzene rings is 1.